The molecule has 10 heavy (non-hydrogen) atoms. The zero-order chi connectivity index (χ0) is 7.98. The van der Waals surface area contributed by atoms with Gasteiger partial charge in [0.25, 0.3) is 0 Å². The molecule has 0 aliphatic rings. The molecule has 0 aliphatic carbocycles. The Morgan fingerprint density at radius 3 is 2.50 bits per heavy atom. The van der Waals surface area contributed by atoms with Gasteiger partial charge in [-0.3, -0.25) is 0 Å². The number of hydrogen-bond acceptors (Lipinski definition) is 1. The first-order valence-corrected chi connectivity index (χ1v) is 4.03. The van der Waals surface area contributed by atoms with Gasteiger partial charge in [-0.1, -0.05) is 26.3 Å². The van der Waals surface area contributed by atoms with E-state index in [0.29, 0.717) is 0 Å². The standard InChI is InChI=1S/C9H19N/c1-5-7-10(4)8-9(3)6-2/h5,7,9H,6,8H2,1-4H3/b7-5-. The van der Waals surface area contributed by atoms with E-state index < -0.39 is 0 Å². The topological polar surface area (TPSA) is 3.24 Å². The molecule has 0 amide bonds. The van der Waals surface area contributed by atoms with Crippen molar-refractivity contribution in [3.63, 3.8) is 0 Å². The van der Waals surface area contributed by atoms with Crippen molar-refractivity contribution in [1.82, 2.24) is 4.90 Å². The van der Waals surface area contributed by atoms with Gasteiger partial charge in [0.2, 0.25) is 0 Å². The smallest absolute Gasteiger partial charge is 0.0194 e. The van der Waals surface area contributed by atoms with Gasteiger partial charge in [-0.25, -0.2) is 0 Å². The van der Waals surface area contributed by atoms with Crippen molar-refractivity contribution in [2.24, 2.45) is 5.92 Å². The Balaban J connectivity index is 3.46. The van der Waals surface area contributed by atoms with Crippen molar-refractivity contribution < 1.29 is 0 Å². The quantitative estimate of drug-likeness (QED) is 0.581. The van der Waals surface area contributed by atoms with E-state index in [0.717, 1.165) is 5.92 Å². The van der Waals surface area contributed by atoms with Crippen molar-refractivity contribution in [3.05, 3.63) is 12.3 Å². The average molecular weight is 141 g/mol. The van der Waals surface area contributed by atoms with Gasteiger partial charge in [0, 0.05) is 13.6 Å². The lowest BCUT2D eigenvalue weighted by molar-refractivity contribution is 0.365. The first-order chi connectivity index (χ1) is 4.70. The van der Waals surface area contributed by atoms with Gasteiger partial charge in [-0.05, 0) is 19.0 Å². The minimum absolute atomic E-state index is 0.807. The van der Waals surface area contributed by atoms with Crippen molar-refractivity contribution >= 4 is 0 Å². The zero-order valence-electron chi connectivity index (χ0n) is 7.59. The molecule has 0 aromatic carbocycles. The molecule has 60 valence electrons. The molecule has 0 bridgehead atoms. The third-order valence-electron chi connectivity index (χ3n) is 1.70. The Kier molecular flexibility index (Phi) is 5.09. The molecule has 1 atom stereocenters. The highest BCUT2D eigenvalue weighted by atomic mass is 15.1. The highest BCUT2D eigenvalue weighted by molar-refractivity contribution is 4.76. The number of hydrogen-bond donors (Lipinski definition) is 0. The monoisotopic (exact) mass is 141 g/mol. The normalized spacial score (nSPS) is 14.0. The summed E-state index contributed by atoms with van der Waals surface area (Å²) < 4.78 is 0. The van der Waals surface area contributed by atoms with E-state index in [2.05, 4.69) is 38.1 Å². The van der Waals surface area contributed by atoms with Gasteiger partial charge in [-0.15, -0.1) is 0 Å². The van der Waals surface area contributed by atoms with Gasteiger partial charge in [0.05, 0.1) is 0 Å². The third kappa shape index (κ3) is 4.42. The Labute approximate surface area is 64.7 Å². The molecule has 0 rings (SSSR count). The summed E-state index contributed by atoms with van der Waals surface area (Å²) in [6.07, 6.45) is 5.45. The van der Waals surface area contributed by atoms with Crippen molar-refractivity contribution in [1.29, 1.82) is 0 Å². The molecule has 0 spiro atoms. The Hall–Kier alpha value is -0.460. The predicted octanol–water partition coefficient (Wildman–Crippen LogP) is 2.50. The molecule has 0 saturated heterocycles. The van der Waals surface area contributed by atoms with Crippen LogP contribution in [-0.4, -0.2) is 18.5 Å². The second-order valence-corrected chi connectivity index (χ2v) is 2.94. The van der Waals surface area contributed by atoms with Crippen LogP contribution in [0.15, 0.2) is 12.3 Å². The van der Waals surface area contributed by atoms with E-state index >= 15 is 0 Å². The van der Waals surface area contributed by atoms with Crippen LogP contribution < -0.4 is 0 Å². The number of rotatable bonds is 4. The van der Waals surface area contributed by atoms with Crippen LogP contribution >= 0.6 is 0 Å². The molecule has 1 unspecified atom stereocenters. The van der Waals surface area contributed by atoms with Crippen molar-refractivity contribution in [3.8, 4) is 0 Å². The highest BCUT2D eigenvalue weighted by Gasteiger charge is 1.98. The third-order valence-corrected chi connectivity index (χ3v) is 1.70. The van der Waals surface area contributed by atoms with Gasteiger partial charge in [0.15, 0.2) is 0 Å². The van der Waals surface area contributed by atoms with Crippen LogP contribution in [0, 0.1) is 5.92 Å². The molecule has 1 nitrogen and oxygen atoms in total. The fourth-order valence-electron chi connectivity index (χ4n) is 0.936. The molecule has 0 fully saturated rings. The maximum atomic E-state index is 2.28. The Bertz CT molecular complexity index is 96.9. The second kappa shape index (κ2) is 5.33. The summed E-state index contributed by atoms with van der Waals surface area (Å²) >= 11 is 0. The summed E-state index contributed by atoms with van der Waals surface area (Å²) in [5.41, 5.74) is 0. The zero-order valence-corrected chi connectivity index (χ0v) is 7.59. The maximum Gasteiger partial charge on any atom is 0.0194 e. The Morgan fingerprint density at radius 2 is 2.10 bits per heavy atom. The summed E-state index contributed by atoms with van der Waals surface area (Å²) in [5, 5.41) is 0. The van der Waals surface area contributed by atoms with Crippen LogP contribution in [-0.2, 0) is 0 Å². The predicted molar refractivity (Wildman–Crippen MR) is 46.9 cm³/mol. The van der Waals surface area contributed by atoms with Gasteiger partial charge in [-0.2, -0.15) is 0 Å². The van der Waals surface area contributed by atoms with E-state index in [1.165, 1.54) is 13.0 Å². The molecule has 0 heterocycles. The molecule has 0 saturated carbocycles. The average Bonchev–Trinajstić information content (AvgIpc) is 1.88. The van der Waals surface area contributed by atoms with Crippen LogP contribution in [0.1, 0.15) is 27.2 Å². The molecule has 0 aromatic heterocycles. The van der Waals surface area contributed by atoms with Crippen LogP contribution in [0.3, 0.4) is 0 Å². The summed E-state index contributed by atoms with van der Waals surface area (Å²) in [6.45, 7) is 7.72. The lowest BCUT2D eigenvalue weighted by Crippen LogP contribution is -2.18. The molecular weight excluding hydrogens is 122 g/mol. The molecule has 0 aromatic rings. The van der Waals surface area contributed by atoms with E-state index in [1.54, 1.807) is 0 Å². The van der Waals surface area contributed by atoms with E-state index in [1.807, 2.05) is 6.92 Å². The fourth-order valence-corrected chi connectivity index (χ4v) is 0.936. The summed E-state index contributed by atoms with van der Waals surface area (Å²) in [5.74, 6) is 0.807. The summed E-state index contributed by atoms with van der Waals surface area (Å²) in [6, 6.07) is 0. The van der Waals surface area contributed by atoms with Crippen LogP contribution in [0.4, 0.5) is 0 Å². The van der Waals surface area contributed by atoms with E-state index in [9.17, 15) is 0 Å². The fraction of sp³-hybridized carbons (Fsp3) is 0.778. The van der Waals surface area contributed by atoms with E-state index in [4.69, 9.17) is 0 Å². The van der Waals surface area contributed by atoms with Crippen molar-refractivity contribution in [2.45, 2.75) is 27.2 Å². The second-order valence-electron chi connectivity index (χ2n) is 2.94. The molecule has 0 radical (unpaired) electrons. The van der Waals surface area contributed by atoms with Gasteiger partial charge < -0.3 is 4.90 Å². The van der Waals surface area contributed by atoms with Crippen molar-refractivity contribution in [2.75, 3.05) is 13.6 Å². The first-order valence-electron chi connectivity index (χ1n) is 4.03. The maximum absolute atomic E-state index is 2.28. The number of nitrogens with zero attached hydrogens (tertiary/aromatic N) is 1. The van der Waals surface area contributed by atoms with Crippen LogP contribution in [0.5, 0.6) is 0 Å². The summed E-state index contributed by atoms with van der Waals surface area (Å²) in [7, 11) is 2.12. The molecule has 0 N–H and O–H groups in total. The van der Waals surface area contributed by atoms with E-state index in [-0.39, 0.29) is 0 Å². The first kappa shape index (κ1) is 9.54. The molecular formula is C9H19N. The lowest BCUT2D eigenvalue weighted by Gasteiger charge is -2.17. The number of allylic oxidation sites excluding steroid dienone is 1. The Morgan fingerprint density at radius 1 is 1.50 bits per heavy atom. The molecule has 0 aliphatic heterocycles. The van der Waals surface area contributed by atoms with Gasteiger partial charge in [0.1, 0.15) is 0 Å². The SMILES string of the molecule is C/C=C\N(C)CC(C)CC. The summed E-state index contributed by atoms with van der Waals surface area (Å²) in [4.78, 5) is 2.23. The minimum atomic E-state index is 0.807. The van der Waals surface area contributed by atoms with Gasteiger partial charge >= 0.3 is 0 Å². The largest absolute Gasteiger partial charge is 0.380 e. The highest BCUT2D eigenvalue weighted by Crippen LogP contribution is 2.02. The van der Waals surface area contributed by atoms with Crippen LogP contribution in [0.25, 0.3) is 0 Å². The minimum Gasteiger partial charge on any atom is -0.380 e. The lowest BCUT2D eigenvalue weighted by atomic mass is 10.1. The molecule has 1 heteroatoms. The van der Waals surface area contributed by atoms with Crippen LogP contribution in [0.2, 0.25) is 0 Å².